The molecule has 0 bridgehead atoms. The Morgan fingerprint density at radius 1 is 1.11 bits per heavy atom. The predicted octanol–water partition coefficient (Wildman–Crippen LogP) is 4.52. The summed E-state index contributed by atoms with van der Waals surface area (Å²) in [5.74, 6) is 2.35. The summed E-state index contributed by atoms with van der Waals surface area (Å²) in [6.07, 6.45) is 6.81. The number of hydrogen-bond donors (Lipinski definition) is 1. The molecule has 0 saturated heterocycles. The number of thiocarbonyl (C=S) groups is 1. The molecule has 0 atom stereocenters. The second-order valence-electron chi connectivity index (χ2n) is 4.53. The highest BCUT2D eigenvalue weighted by Gasteiger charge is 1.97. The molecule has 0 aliphatic heterocycles. The monoisotopic (exact) mass is 281 g/mol. The van der Waals surface area contributed by atoms with Crippen LogP contribution >= 0.6 is 24.0 Å². The molecule has 0 unspecified atom stereocenters. The lowest BCUT2D eigenvalue weighted by Crippen LogP contribution is -2.08. The Morgan fingerprint density at radius 3 is 2.39 bits per heavy atom. The lowest BCUT2D eigenvalue weighted by atomic mass is 10.1. The first-order valence-corrected chi connectivity index (χ1v) is 8.27. The van der Waals surface area contributed by atoms with Crippen molar-refractivity contribution in [1.29, 1.82) is 0 Å². The van der Waals surface area contributed by atoms with Crippen molar-refractivity contribution in [2.75, 3.05) is 5.75 Å². The van der Waals surface area contributed by atoms with Crippen LogP contribution in [-0.4, -0.2) is 10.7 Å². The third kappa shape index (κ3) is 6.41. The highest BCUT2D eigenvalue weighted by molar-refractivity contribution is 7.98. The molecule has 0 amide bonds. The summed E-state index contributed by atoms with van der Waals surface area (Å²) in [6.45, 7) is 2.26. The molecule has 0 saturated carbocycles. The first kappa shape index (κ1) is 15.5. The molecular weight excluding hydrogens is 258 g/mol. The fourth-order valence-electron chi connectivity index (χ4n) is 1.76. The number of rotatable bonds is 9. The van der Waals surface area contributed by atoms with Gasteiger partial charge in [0.2, 0.25) is 0 Å². The lowest BCUT2D eigenvalue weighted by Gasteiger charge is -2.04. The highest BCUT2D eigenvalue weighted by Crippen LogP contribution is 2.15. The number of benzene rings is 1. The van der Waals surface area contributed by atoms with Crippen LogP contribution in [0.1, 0.15) is 50.2 Å². The van der Waals surface area contributed by atoms with Crippen molar-refractivity contribution >= 4 is 29.0 Å². The Balaban J connectivity index is 2.14. The van der Waals surface area contributed by atoms with E-state index >= 15 is 0 Å². The first-order valence-electron chi connectivity index (χ1n) is 6.70. The van der Waals surface area contributed by atoms with E-state index in [0.29, 0.717) is 4.99 Å². The Bertz CT molecular complexity index is 346. The molecule has 18 heavy (non-hydrogen) atoms. The van der Waals surface area contributed by atoms with E-state index < -0.39 is 0 Å². The molecule has 0 aliphatic rings. The lowest BCUT2D eigenvalue weighted by molar-refractivity contribution is 0.659. The van der Waals surface area contributed by atoms with Crippen LogP contribution in [0.5, 0.6) is 0 Å². The normalized spacial score (nSPS) is 10.5. The van der Waals surface area contributed by atoms with E-state index in [0.717, 1.165) is 11.3 Å². The van der Waals surface area contributed by atoms with Crippen LogP contribution in [0.25, 0.3) is 0 Å². The van der Waals surface area contributed by atoms with Crippen LogP contribution in [0.2, 0.25) is 0 Å². The molecule has 3 heteroatoms. The van der Waals surface area contributed by atoms with Crippen molar-refractivity contribution in [2.24, 2.45) is 5.73 Å². The Labute approximate surface area is 121 Å². The molecule has 2 N–H and O–H groups in total. The standard InChI is InChI=1S/C15H23NS2/c1-2-3-4-5-6-11-18-12-13-7-9-14(10-8-13)15(16)17/h7-10H,2-6,11-12H2,1H3,(H2,16,17). The molecule has 0 fully saturated rings. The number of hydrogen-bond acceptors (Lipinski definition) is 2. The van der Waals surface area contributed by atoms with Gasteiger partial charge in [0.1, 0.15) is 4.99 Å². The molecule has 1 rings (SSSR count). The third-order valence-corrected chi connectivity index (χ3v) is 4.25. The molecular formula is C15H23NS2. The minimum absolute atomic E-state index is 0.477. The maximum absolute atomic E-state index is 5.57. The highest BCUT2D eigenvalue weighted by atomic mass is 32.2. The minimum atomic E-state index is 0.477. The largest absolute Gasteiger partial charge is 0.389 e. The molecule has 0 heterocycles. The maximum Gasteiger partial charge on any atom is 0.103 e. The van der Waals surface area contributed by atoms with Gasteiger partial charge in [-0.3, -0.25) is 0 Å². The average Bonchev–Trinajstić information content (AvgIpc) is 2.38. The van der Waals surface area contributed by atoms with Gasteiger partial charge in [-0.2, -0.15) is 11.8 Å². The molecule has 1 aromatic rings. The summed E-state index contributed by atoms with van der Waals surface area (Å²) < 4.78 is 0. The zero-order chi connectivity index (χ0) is 13.2. The molecule has 0 aliphatic carbocycles. The van der Waals surface area contributed by atoms with Crippen LogP contribution < -0.4 is 5.73 Å². The smallest absolute Gasteiger partial charge is 0.103 e. The van der Waals surface area contributed by atoms with Gasteiger partial charge in [-0.1, -0.05) is 69.1 Å². The summed E-state index contributed by atoms with van der Waals surface area (Å²) in [7, 11) is 0. The fourth-order valence-corrected chi connectivity index (χ4v) is 2.88. The van der Waals surface area contributed by atoms with Crippen LogP contribution in [0.15, 0.2) is 24.3 Å². The molecule has 0 spiro atoms. The third-order valence-electron chi connectivity index (χ3n) is 2.90. The Hall–Kier alpha value is -0.540. The van der Waals surface area contributed by atoms with Crippen LogP contribution in [0.4, 0.5) is 0 Å². The minimum Gasteiger partial charge on any atom is -0.389 e. The van der Waals surface area contributed by atoms with E-state index in [1.54, 1.807) is 0 Å². The topological polar surface area (TPSA) is 26.0 Å². The number of thioether (sulfide) groups is 1. The summed E-state index contributed by atoms with van der Waals surface area (Å²) in [6, 6.07) is 8.27. The van der Waals surface area contributed by atoms with Crippen molar-refractivity contribution in [1.82, 2.24) is 0 Å². The van der Waals surface area contributed by atoms with Gasteiger partial charge in [-0.15, -0.1) is 0 Å². The molecule has 1 aromatic carbocycles. The molecule has 0 radical (unpaired) electrons. The van der Waals surface area contributed by atoms with Gasteiger partial charge in [0, 0.05) is 11.3 Å². The molecule has 100 valence electrons. The first-order chi connectivity index (χ1) is 8.74. The van der Waals surface area contributed by atoms with Gasteiger partial charge in [-0.05, 0) is 17.7 Å². The summed E-state index contributed by atoms with van der Waals surface area (Å²) in [4.78, 5) is 0.477. The van der Waals surface area contributed by atoms with E-state index in [1.807, 2.05) is 23.9 Å². The predicted molar refractivity (Wildman–Crippen MR) is 87.3 cm³/mol. The summed E-state index contributed by atoms with van der Waals surface area (Å²) in [5.41, 5.74) is 7.88. The molecule has 0 aromatic heterocycles. The summed E-state index contributed by atoms with van der Waals surface area (Å²) >= 11 is 6.95. The number of unbranched alkanes of at least 4 members (excludes halogenated alkanes) is 4. The van der Waals surface area contributed by atoms with Crippen LogP contribution in [0, 0.1) is 0 Å². The zero-order valence-electron chi connectivity index (χ0n) is 11.2. The Morgan fingerprint density at radius 2 is 1.78 bits per heavy atom. The fraction of sp³-hybridized carbons (Fsp3) is 0.533. The van der Waals surface area contributed by atoms with Crippen LogP contribution in [-0.2, 0) is 5.75 Å². The summed E-state index contributed by atoms with van der Waals surface area (Å²) in [5, 5.41) is 0. The van der Waals surface area contributed by atoms with E-state index in [-0.39, 0.29) is 0 Å². The SMILES string of the molecule is CCCCCCCSCc1ccc(C(N)=S)cc1. The zero-order valence-corrected chi connectivity index (χ0v) is 12.8. The van der Waals surface area contributed by atoms with Crippen molar-refractivity contribution in [2.45, 2.75) is 44.8 Å². The van der Waals surface area contributed by atoms with Gasteiger partial charge in [0.15, 0.2) is 0 Å². The van der Waals surface area contributed by atoms with Gasteiger partial charge in [0.05, 0.1) is 0 Å². The second-order valence-corrected chi connectivity index (χ2v) is 6.07. The Kier molecular flexibility index (Phi) is 8.10. The van der Waals surface area contributed by atoms with E-state index in [4.69, 9.17) is 18.0 Å². The van der Waals surface area contributed by atoms with Gasteiger partial charge < -0.3 is 5.73 Å². The average molecular weight is 281 g/mol. The van der Waals surface area contributed by atoms with Crippen LogP contribution in [0.3, 0.4) is 0 Å². The van der Waals surface area contributed by atoms with Crippen molar-refractivity contribution < 1.29 is 0 Å². The van der Waals surface area contributed by atoms with E-state index in [1.165, 1.54) is 43.4 Å². The van der Waals surface area contributed by atoms with Gasteiger partial charge in [0.25, 0.3) is 0 Å². The maximum atomic E-state index is 5.57. The number of nitrogens with two attached hydrogens (primary N) is 1. The van der Waals surface area contributed by atoms with Crippen molar-refractivity contribution in [3.8, 4) is 0 Å². The van der Waals surface area contributed by atoms with E-state index in [9.17, 15) is 0 Å². The van der Waals surface area contributed by atoms with Crippen molar-refractivity contribution in [3.63, 3.8) is 0 Å². The second kappa shape index (κ2) is 9.40. The molecule has 1 nitrogen and oxygen atoms in total. The quantitative estimate of drug-likeness (QED) is 0.532. The van der Waals surface area contributed by atoms with Crippen molar-refractivity contribution in [3.05, 3.63) is 35.4 Å². The van der Waals surface area contributed by atoms with Gasteiger partial charge >= 0.3 is 0 Å². The van der Waals surface area contributed by atoms with Gasteiger partial charge in [-0.25, -0.2) is 0 Å². The van der Waals surface area contributed by atoms with E-state index in [2.05, 4.69) is 19.1 Å².